The van der Waals surface area contributed by atoms with Gasteiger partial charge in [0.15, 0.2) is 5.96 Å². The molecule has 1 saturated heterocycles. The third-order valence-electron chi connectivity index (χ3n) is 4.94. The van der Waals surface area contributed by atoms with Crippen LogP contribution >= 0.6 is 23.4 Å². The van der Waals surface area contributed by atoms with Gasteiger partial charge < -0.3 is 15.4 Å². The van der Waals surface area contributed by atoms with Gasteiger partial charge in [0.25, 0.3) is 0 Å². The largest absolute Gasteiger partial charge is 0.381 e. The van der Waals surface area contributed by atoms with E-state index in [-0.39, 0.29) is 10.2 Å². The van der Waals surface area contributed by atoms with E-state index in [1.54, 1.807) is 0 Å². The summed E-state index contributed by atoms with van der Waals surface area (Å²) in [5, 5.41) is 7.80. The summed E-state index contributed by atoms with van der Waals surface area (Å²) >= 11 is 8.04. The molecule has 1 heterocycles. The lowest BCUT2D eigenvalue weighted by Gasteiger charge is -2.36. The highest BCUT2D eigenvalue weighted by atomic mass is 35.5. The van der Waals surface area contributed by atoms with Gasteiger partial charge in [0, 0.05) is 43.1 Å². The van der Waals surface area contributed by atoms with Crippen molar-refractivity contribution in [2.24, 2.45) is 10.4 Å². The summed E-state index contributed by atoms with van der Waals surface area (Å²) in [6, 6.07) is 8.11. The van der Waals surface area contributed by atoms with Crippen molar-refractivity contribution in [3.05, 3.63) is 34.9 Å². The van der Waals surface area contributed by atoms with Gasteiger partial charge >= 0.3 is 0 Å². The molecule has 26 heavy (non-hydrogen) atoms. The average molecular weight is 398 g/mol. The van der Waals surface area contributed by atoms with E-state index in [4.69, 9.17) is 16.3 Å². The maximum atomic E-state index is 6.11. The van der Waals surface area contributed by atoms with E-state index in [2.05, 4.69) is 41.8 Å². The third-order valence-corrected chi connectivity index (χ3v) is 6.60. The topological polar surface area (TPSA) is 45.7 Å². The van der Waals surface area contributed by atoms with Crippen molar-refractivity contribution < 1.29 is 4.74 Å². The molecule has 146 valence electrons. The number of ether oxygens (including phenoxy) is 1. The summed E-state index contributed by atoms with van der Waals surface area (Å²) in [6.45, 7) is 7.97. The highest BCUT2D eigenvalue weighted by molar-refractivity contribution is 8.00. The fourth-order valence-electron chi connectivity index (χ4n) is 3.25. The van der Waals surface area contributed by atoms with Crippen molar-refractivity contribution >= 4 is 29.3 Å². The first-order chi connectivity index (χ1) is 12.4. The Labute approximate surface area is 167 Å². The zero-order valence-electron chi connectivity index (χ0n) is 16.4. The van der Waals surface area contributed by atoms with Crippen molar-refractivity contribution in [2.45, 2.75) is 37.9 Å². The first-order valence-electron chi connectivity index (χ1n) is 9.20. The van der Waals surface area contributed by atoms with Crippen LogP contribution in [0.1, 0.15) is 32.3 Å². The van der Waals surface area contributed by atoms with E-state index in [1.165, 1.54) is 5.56 Å². The molecule has 0 atom stereocenters. The Balaban J connectivity index is 1.85. The number of aliphatic imine (C=N–C) groups is 1. The van der Waals surface area contributed by atoms with E-state index < -0.39 is 0 Å². The molecule has 4 nitrogen and oxygen atoms in total. The molecule has 2 rings (SSSR count). The summed E-state index contributed by atoms with van der Waals surface area (Å²) in [4.78, 5) is 4.39. The number of nitrogens with zero attached hydrogens (tertiary/aromatic N) is 1. The average Bonchev–Trinajstić information content (AvgIpc) is 2.62. The number of hydrogen-bond donors (Lipinski definition) is 2. The molecule has 6 heteroatoms. The molecule has 0 aliphatic carbocycles. The summed E-state index contributed by atoms with van der Waals surface area (Å²) in [6.07, 6.45) is 5.32. The smallest absolute Gasteiger partial charge is 0.191 e. The zero-order valence-corrected chi connectivity index (χ0v) is 18.0. The number of thioether (sulfide) groups is 1. The third kappa shape index (κ3) is 6.67. The molecule has 0 spiro atoms. The van der Waals surface area contributed by atoms with Gasteiger partial charge in [0.05, 0.1) is 0 Å². The lowest BCUT2D eigenvalue weighted by molar-refractivity contribution is 0.0782. The van der Waals surface area contributed by atoms with Gasteiger partial charge in [-0.3, -0.25) is 4.99 Å². The van der Waals surface area contributed by atoms with E-state index in [1.807, 2.05) is 37.0 Å². The van der Waals surface area contributed by atoms with Crippen LogP contribution < -0.4 is 10.6 Å². The van der Waals surface area contributed by atoms with Gasteiger partial charge in [-0.05, 0) is 48.6 Å². The molecule has 0 unspecified atom stereocenters. The van der Waals surface area contributed by atoms with Crippen LogP contribution in [0.15, 0.2) is 29.3 Å². The Morgan fingerprint density at radius 3 is 2.65 bits per heavy atom. The van der Waals surface area contributed by atoms with E-state index >= 15 is 0 Å². The van der Waals surface area contributed by atoms with Gasteiger partial charge in [0.2, 0.25) is 0 Å². The molecular weight excluding hydrogens is 366 g/mol. The standard InChI is InChI=1S/C20H32ClN3OS/c1-19(2,13-16-6-5-7-17(21)12-16)14-23-18(22-3)24-15-20(26-4)8-10-25-11-9-20/h5-7,12H,8-11,13-15H2,1-4H3,(H2,22,23,24). The van der Waals surface area contributed by atoms with Crippen LogP contribution in [0.2, 0.25) is 5.02 Å². The molecule has 0 radical (unpaired) electrons. The van der Waals surface area contributed by atoms with Crippen LogP contribution in [0, 0.1) is 5.41 Å². The normalized spacial score (nSPS) is 17.8. The van der Waals surface area contributed by atoms with Crippen molar-refractivity contribution in [1.82, 2.24) is 10.6 Å². The van der Waals surface area contributed by atoms with Gasteiger partial charge in [-0.15, -0.1) is 0 Å². The minimum atomic E-state index is 0.0954. The molecule has 2 N–H and O–H groups in total. The minimum absolute atomic E-state index is 0.0954. The molecule has 0 aromatic heterocycles. The molecular formula is C20H32ClN3OS. The maximum Gasteiger partial charge on any atom is 0.191 e. The number of nitrogens with one attached hydrogen (secondary N) is 2. The molecule has 1 aromatic carbocycles. The summed E-state index contributed by atoms with van der Waals surface area (Å²) < 4.78 is 5.76. The Kier molecular flexibility index (Phi) is 8.11. The molecule has 1 aromatic rings. The second kappa shape index (κ2) is 9.86. The Hall–Kier alpha value is -0.910. The molecule has 1 aliphatic rings. The predicted molar refractivity (Wildman–Crippen MR) is 115 cm³/mol. The van der Waals surface area contributed by atoms with Gasteiger partial charge in [0.1, 0.15) is 0 Å². The monoisotopic (exact) mass is 397 g/mol. The first kappa shape index (κ1) is 21.4. The molecule has 1 aliphatic heterocycles. The van der Waals surface area contributed by atoms with Crippen LogP contribution in [0.25, 0.3) is 0 Å². The molecule has 1 fully saturated rings. The fourth-order valence-corrected chi connectivity index (χ4v) is 4.25. The fraction of sp³-hybridized carbons (Fsp3) is 0.650. The van der Waals surface area contributed by atoms with E-state index in [0.717, 1.165) is 56.5 Å². The van der Waals surface area contributed by atoms with Crippen molar-refractivity contribution in [1.29, 1.82) is 0 Å². The lowest BCUT2D eigenvalue weighted by Crippen LogP contribution is -2.49. The Bertz CT molecular complexity index is 600. The molecule has 0 saturated carbocycles. The quantitative estimate of drug-likeness (QED) is 0.539. The summed E-state index contributed by atoms with van der Waals surface area (Å²) in [5.41, 5.74) is 1.36. The second-order valence-corrected chi connectivity index (χ2v) is 9.46. The second-order valence-electron chi connectivity index (χ2n) is 7.75. The van der Waals surface area contributed by atoms with Gasteiger partial charge in [-0.1, -0.05) is 37.6 Å². The van der Waals surface area contributed by atoms with Crippen molar-refractivity contribution in [3.8, 4) is 0 Å². The minimum Gasteiger partial charge on any atom is -0.381 e. The molecule has 0 amide bonds. The number of rotatable bonds is 7. The van der Waals surface area contributed by atoms with Crippen LogP contribution in [0.3, 0.4) is 0 Å². The first-order valence-corrected chi connectivity index (χ1v) is 10.8. The highest BCUT2D eigenvalue weighted by Gasteiger charge is 2.32. The Morgan fingerprint density at radius 2 is 2.04 bits per heavy atom. The Morgan fingerprint density at radius 1 is 1.31 bits per heavy atom. The van der Waals surface area contributed by atoms with E-state index in [0.29, 0.717) is 0 Å². The SMILES string of the molecule is CN=C(NCC(C)(C)Cc1cccc(Cl)c1)NCC1(SC)CCOCC1. The van der Waals surface area contributed by atoms with Gasteiger partial charge in [-0.25, -0.2) is 0 Å². The number of guanidine groups is 1. The van der Waals surface area contributed by atoms with Crippen LogP contribution in [-0.4, -0.2) is 50.3 Å². The zero-order chi connectivity index (χ0) is 19.0. The van der Waals surface area contributed by atoms with Crippen LogP contribution in [0.4, 0.5) is 0 Å². The van der Waals surface area contributed by atoms with Crippen LogP contribution in [0.5, 0.6) is 0 Å². The maximum absolute atomic E-state index is 6.11. The summed E-state index contributed by atoms with van der Waals surface area (Å²) in [5.74, 6) is 0.865. The number of halogens is 1. The molecule has 0 bridgehead atoms. The predicted octanol–water partition coefficient (Wildman–Crippen LogP) is 3.99. The van der Waals surface area contributed by atoms with Crippen molar-refractivity contribution in [2.75, 3.05) is 39.6 Å². The summed E-state index contributed by atoms with van der Waals surface area (Å²) in [7, 11) is 1.83. The highest BCUT2D eigenvalue weighted by Crippen LogP contribution is 2.33. The van der Waals surface area contributed by atoms with Gasteiger partial charge in [-0.2, -0.15) is 11.8 Å². The van der Waals surface area contributed by atoms with Crippen molar-refractivity contribution in [3.63, 3.8) is 0 Å². The number of benzene rings is 1. The van der Waals surface area contributed by atoms with Crippen LogP contribution in [-0.2, 0) is 11.2 Å². The lowest BCUT2D eigenvalue weighted by atomic mass is 9.86. The van der Waals surface area contributed by atoms with E-state index in [9.17, 15) is 0 Å². The number of hydrogen-bond acceptors (Lipinski definition) is 3.